The van der Waals surface area contributed by atoms with E-state index in [1.807, 2.05) is 0 Å². The summed E-state index contributed by atoms with van der Waals surface area (Å²) in [7, 11) is -3.20. The van der Waals surface area contributed by atoms with Crippen LogP contribution in [0, 0.1) is 5.41 Å². The highest BCUT2D eigenvalue weighted by molar-refractivity contribution is 7.88. The molecule has 0 aliphatic carbocycles. The molecule has 1 aromatic carbocycles. The molecule has 4 heterocycles. The van der Waals surface area contributed by atoms with Gasteiger partial charge in [0.05, 0.1) is 36.3 Å². The quantitative estimate of drug-likeness (QED) is 0.406. The van der Waals surface area contributed by atoms with Crippen LogP contribution in [-0.4, -0.2) is 120 Å². The molecule has 4 fully saturated rings. The molecule has 0 bridgehead atoms. The van der Waals surface area contributed by atoms with Gasteiger partial charge in [-0.1, -0.05) is 12.1 Å². The average Bonchev–Trinajstić information content (AvgIpc) is 3.22. The summed E-state index contributed by atoms with van der Waals surface area (Å²) in [6, 6.07) is 8.69. The van der Waals surface area contributed by atoms with Crippen molar-refractivity contribution >= 4 is 33.8 Å². The maximum atomic E-state index is 12.7. The Labute approximate surface area is 225 Å². The molecule has 0 saturated carbocycles. The van der Waals surface area contributed by atoms with Gasteiger partial charge in [-0.05, 0) is 31.4 Å². The second kappa shape index (κ2) is 12.6. The van der Waals surface area contributed by atoms with Gasteiger partial charge in [0.15, 0.2) is 0 Å². The summed E-state index contributed by atoms with van der Waals surface area (Å²) in [4.78, 5) is 28.5. The van der Waals surface area contributed by atoms with Gasteiger partial charge < -0.3 is 24.4 Å². The van der Waals surface area contributed by atoms with Crippen LogP contribution in [0.25, 0.3) is 0 Å². The molecule has 11 nitrogen and oxygen atoms in total. The van der Waals surface area contributed by atoms with Crippen LogP contribution in [0.15, 0.2) is 24.3 Å². The number of anilines is 2. The van der Waals surface area contributed by atoms with Crippen LogP contribution in [0.5, 0.6) is 0 Å². The predicted molar refractivity (Wildman–Crippen MR) is 144 cm³/mol. The lowest BCUT2D eigenvalue weighted by atomic mass is 9.76. The smallest absolute Gasteiger partial charge is 0.312 e. The fourth-order valence-corrected chi connectivity index (χ4v) is 6.84. The van der Waals surface area contributed by atoms with E-state index in [1.165, 1.54) is 21.9 Å². The molecule has 0 aromatic heterocycles. The number of rotatable bonds is 6. The number of morpholine rings is 1. The van der Waals surface area contributed by atoms with E-state index < -0.39 is 15.4 Å². The average molecular weight is 553 g/mol. The van der Waals surface area contributed by atoms with Crippen LogP contribution in [0.1, 0.15) is 25.7 Å². The van der Waals surface area contributed by atoms with E-state index in [0.717, 1.165) is 71.9 Å². The van der Waals surface area contributed by atoms with E-state index in [9.17, 15) is 13.2 Å². The maximum absolute atomic E-state index is 12.7. The highest BCUT2D eigenvalue weighted by atomic mass is 32.2. The summed E-state index contributed by atoms with van der Waals surface area (Å²) in [5.74, 6) is -0.125. The molecule has 1 N–H and O–H groups in total. The van der Waals surface area contributed by atoms with Crippen molar-refractivity contribution in [3.8, 4) is 0 Å². The highest BCUT2D eigenvalue weighted by Crippen LogP contribution is 2.44. The molecule has 4 saturated heterocycles. The molecule has 4 aliphatic heterocycles. The van der Waals surface area contributed by atoms with Crippen molar-refractivity contribution in [1.82, 2.24) is 9.21 Å². The molecule has 0 radical (unpaired) electrons. The number of hydrogen-bond donors (Lipinski definition) is 1. The minimum Gasteiger partial charge on any atom is -0.483 e. The van der Waals surface area contributed by atoms with E-state index in [4.69, 9.17) is 19.4 Å². The van der Waals surface area contributed by atoms with E-state index in [1.54, 1.807) is 0 Å². The molecular formula is C26H40N4O7S. The number of hydrogen-bond acceptors (Lipinski definition) is 9. The Morgan fingerprint density at radius 1 is 0.974 bits per heavy atom. The second-order valence-corrected chi connectivity index (χ2v) is 12.5. The molecule has 4 aliphatic rings. The van der Waals surface area contributed by atoms with Gasteiger partial charge >= 0.3 is 5.97 Å². The van der Waals surface area contributed by atoms with E-state index >= 15 is 0 Å². The lowest BCUT2D eigenvalue weighted by Gasteiger charge is -2.39. The molecule has 212 valence electrons. The van der Waals surface area contributed by atoms with Crippen molar-refractivity contribution in [2.24, 2.45) is 5.41 Å². The van der Waals surface area contributed by atoms with Gasteiger partial charge in [-0.25, -0.2) is 12.7 Å². The fraction of sp³-hybridized carbons (Fsp3) is 0.692. The van der Waals surface area contributed by atoms with Gasteiger partial charge in [-0.3, -0.25) is 14.5 Å². The van der Waals surface area contributed by atoms with Crippen LogP contribution in [0.4, 0.5) is 11.4 Å². The third-order valence-corrected chi connectivity index (χ3v) is 9.49. The largest absolute Gasteiger partial charge is 0.483 e. The number of benzene rings is 1. The number of nitrogens with zero attached hydrogens (tertiary/aromatic N) is 4. The zero-order valence-electron chi connectivity index (χ0n) is 22.2. The Kier molecular flexibility index (Phi) is 9.50. The Morgan fingerprint density at radius 3 is 2.08 bits per heavy atom. The van der Waals surface area contributed by atoms with E-state index in [-0.39, 0.29) is 18.5 Å². The third kappa shape index (κ3) is 6.77. The van der Waals surface area contributed by atoms with Crippen molar-refractivity contribution in [2.45, 2.75) is 31.8 Å². The second-order valence-electron chi connectivity index (χ2n) is 10.5. The van der Waals surface area contributed by atoms with Crippen LogP contribution >= 0.6 is 0 Å². The topological polar surface area (TPSA) is 120 Å². The van der Waals surface area contributed by atoms with Crippen LogP contribution < -0.4 is 9.80 Å². The number of piperidine rings is 1. The summed E-state index contributed by atoms with van der Waals surface area (Å²) < 4.78 is 36.4. The number of para-hydroxylation sites is 2. The number of piperazine rings is 1. The molecule has 1 spiro atoms. The zero-order chi connectivity index (χ0) is 27.2. The van der Waals surface area contributed by atoms with Gasteiger partial charge in [0, 0.05) is 65.3 Å². The normalized spacial score (nSPS) is 24.6. The standard InChI is InChI=1S/C25H38N4O5S.CH2O2/c1-35(31,32)29-10-7-25(8-11-29)20-21(34-24(25)30)6-9-26-12-14-27(15-13-26)22-4-2-3-5-23(22)28-16-18-33-19-17-28;2-1-3/h2-5,21H,6-20H2,1H3;1H,(H,2,3). The van der Waals surface area contributed by atoms with Crippen molar-refractivity contribution in [1.29, 1.82) is 0 Å². The van der Waals surface area contributed by atoms with E-state index in [2.05, 4.69) is 39.0 Å². The first-order chi connectivity index (χ1) is 18.3. The monoisotopic (exact) mass is 552 g/mol. The number of cyclic esters (lactones) is 1. The summed E-state index contributed by atoms with van der Waals surface area (Å²) in [5, 5.41) is 6.89. The lowest BCUT2D eigenvalue weighted by Crippen LogP contribution is -2.47. The Morgan fingerprint density at radius 2 is 1.53 bits per heavy atom. The van der Waals surface area contributed by atoms with Gasteiger partial charge in [0.2, 0.25) is 10.0 Å². The molecule has 12 heteroatoms. The molecular weight excluding hydrogens is 512 g/mol. The van der Waals surface area contributed by atoms with E-state index in [0.29, 0.717) is 25.9 Å². The van der Waals surface area contributed by atoms with Gasteiger partial charge in [-0.2, -0.15) is 0 Å². The first kappa shape index (κ1) is 28.6. The molecule has 5 rings (SSSR count). The van der Waals surface area contributed by atoms with Gasteiger partial charge in [0.1, 0.15) is 6.10 Å². The molecule has 1 atom stereocenters. The van der Waals surface area contributed by atoms with Crippen molar-refractivity contribution in [2.75, 3.05) is 88.2 Å². The molecule has 38 heavy (non-hydrogen) atoms. The minimum absolute atomic E-state index is 0.0626. The summed E-state index contributed by atoms with van der Waals surface area (Å²) >= 11 is 0. The third-order valence-electron chi connectivity index (χ3n) is 8.19. The predicted octanol–water partition coefficient (Wildman–Crippen LogP) is 1.09. The number of carbonyl (C=O) groups is 2. The number of esters is 1. The van der Waals surface area contributed by atoms with Crippen molar-refractivity contribution < 1.29 is 32.6 Å². The molecule has 1 aromatic rings. The molecule has 1 unspecified atom stereocenters. The van der Waals surface area contributed by atoms with Gasteiger partial charge in [0.25, 0.3) is 6.47 Å². The lowest BCUT2D eigenvalue weighted by molar-refractivity contribution is -0.150. The fourth-order valence-electron chi connectivity index (χ4n) is 5.99. The maximum Gasteiger partial charge on any atom is 0.312 e. The minimum atomic E-state index is -3.20. The molecule has 0 amide bonds. The van der Waals surface area contributed by atoms with Crippen molar-refractivity contribution in [3.05, 3.63) is 24.3 Å². The number of carboxylic acid groups (broad SMARTS) is 1. The van der Waals surface area contributed by atoms with Crippen LogP contribution in [0.2, 0.25) is 0 Å². The zero-order valence-corrected chi connectivity index (χ0v) is 23.0. The number of carbonyl (C=O) groups excluding carboxylic acids is 1. The highest BCUT2D eigenvalue weighted by Gasteiger charge is 2.51. The van der Waals surface area contributed by atoms with Crippen LogP contribution in [0.3, 0.4) is 0 Å². The first-order valence-electron chi connectivity index (χ1n) is 13.4. The first-order valence-corrected chi connectivity index (χ1v) is 15.2. The summed E-state index contributed by atoms with van der Waals surface area (Å²) in [6.45, 7) is 8.88. The number of ether oxygens (including phenoxy) is 2. The van der Waals surface area contributed by atoms with Crippen LogP contribution in [-0.2, 0) is 29.1 Å². The Hall–Kier alpha value is -2.41. The van der Waals surface area contributed by atoms with Gasteiger partial charge in [-0.15, -0.1) is 0 Å². The Bertz CT molecular complexity index is 1050. The summed E-state index contributed by atoms with van der Waals surface area (Å²) in [6.07, 6.45) is 3.87. The van der Waals surface area contributed by atoms with Crippen molar-refractivity contribution in [3.63, 3.8) is 0 Å². The Balaban J connectivity index is 0.00000107. The SMILES string of the molecule is CS(=O)(=O)N1CCC2(CC1)CC(CCN1CCN(c3ccccc3N3CCOCC3)CC1)OC2=O.O=CO. The number of sulfonamides is 1. The summed E-state index contributed by atoms with van der Waals surface area (Å²) in [5.41, 5.74) is 2.11.